The van der Waals surface area contributed by atoms with E-state index < -0.39 is 15.8 Å². The van der Waals surface area contributed by atoms with E-state index in [0.717, 1.165) is 34.8 Å². The highest BCUT2D eigenvalue weighted by molar-refractivity contribution is 7.74. The molecule has 8 aromatic rings. The molecular weight excluding hydrogens is 666 g/mol. The van der Waals surface area contributed by atoms with Crippen molar-refractivity contribution in [3.05, 3.63) is 194 Å². The highest BCUT2D eigenvalue weighted by Crippen LogP contribution is 2.46. The fourth-order valence-electron chi connectivity index (χ4n) is 6.85. The van der Waals surface area contributed by atoms with Gasteiger partial charge < -0.3 is 0 Å². The molecule has 2 nitrogen and oxygen atoms in total. The van der Waals surface area contributed by atoms with E-state index in [1.165, 1.54) is 42.8 Å². The fourth-order valence-corrected chi connectivity index (χ4v) is 10.9. The minimum absolute atomic E-state index is 0.604. The molecule has 0 amide bonds. The molecule has 0 radical (unpaired) electrons. The van der Waals surface area contributed by atoms with Crippen molar-refractivity contribution in [1.82, 2.24) is 0 Å². The molecule has 0 atom stereocenters. The van der Waals surface area contributed by atoms with Gasteiger partial charge >= 0.3 is 0 Å². The van der Waals surface area contributed by atoms with E-state index in [-0.39, 0.29) is 0 Å². The first-order valence-corrected chi connectivity index (χ1v) is 20.7. The molecule has 8 rings (SSSR count). The van der Waals surface area contributed by atoms with E-state index in [0.29, 0.717) is 0 Å². The van der Waals surface area contributed by atoms with E-state index in [9.17, 15) is 0 Å². The van der Waals surface area contributed by atoms with E-state index in [2.05, 4.69) is 207 Å². The molecule has 250 valence electrons. The van der Waals surface area contributed by atoms with E-state index in [1.807, 2.05) is 0 Å². The molecule has 4 heteroatoms. The lowest BCUT2D eigenvalue weighted by Crippen LogP contribution is -2.14. The average molecular weight is 705 g/mol. The second kappa shape index (κ2) is 16.2. The normalized spacial score (nSPS) is 11.8. The van der Waals surface area contributed by atoms with Crippen molar-refractivity contribution < 1.29 is 0 Å². The lowest BCUT2D eigenvalue weighted by atomic mass is 9.91. The van der Waals surface area contributed by atoms with Crippen molar-refractivity contribution in [2.24, 2.45) is 9.98 Å². The Morgan fingerprint density at radius 3 is 0.981 bits per heavy atom. The standard InChI is InChI=1S/C48H38N2P2/c1-5-19-39(20-6-1)51(40-21-7-2-8-22-40)35-33-49-45-31-29-37-17-13-15-27-43(37)47(45)48-44-28-16-14-18-38(44)30-32-46(48)50-34-36-52(41-23-9-3-10-24-41)42-25-11-4-12-26-42/h1-34H,35-36H2. The molecule has 52 heavy (non-hydrogen) atoms. The monoisotopic (exact) mass is 704 g/mol. The van der Waals surface area contributed by atoms with Crippen LogP contribution in [-0.4, -0.2) is 24.8 Å². The first-order valence-electron chi connectivity index (χ1n) is 17.7. The van der Waals surface area contributed by atoms with E-state index in [1.54, 1.807) is 0 Å². The third kappa shape index (κ3) is 7.42. The van der Waals surface area contributed by atoms with Crippen LogP contribution in [-0.2, 0) is 0 Å². The summed E-state index contributed by atoms with van der Waals surface area (Å²) in [6.45, 7) is 0. The summed E-state index contributed by atoms with van der Waals surface area (Å²) < 4.78 is 0. The van der Waals surface area contributed by atoms with Crippen molar-refractivity contribution in [2.75, 3.05) is 12.3 Å². The maximum absolute atomic E-state index is 5.30. The second-order valence-electron chi connectivity index (χ2n) is 12.5. The number of aliphatic imine (C=N–C) groups is 2. The first kappa shape index (κ1) is 33.6. The quantitative estimate of drug-likeness (QED) is 0.0946. The van der Waals surface area contributed by atoms with Crippen molar-refractivity contribution in [2.45, 2.75) is 0 Å². The molecule has 0 aliphatic heterocycles. The van der Waals surface area contributed by atoms with Gasteiger partial charge in [-0.1, -0.05) is 182 Å². The van der Waals surface area contributed by atoms with Crippen LogP contribution >= 0.6 is 15.8 Å². The molecule has 0 heterocycles. The van der Waals surface area contributed by atoms with Gasteiger partial charge in [0, 0.05) is 35.9 Å². The number of hydrogen-bond donors (Lipinski definition) is 0. The summed E-state index contributed by atoms with van der Waals surface area (Å²) in [7, 11) is -1.21. The molecular formula is C48H38N2P2. The highest BCUT2D eigenvalue weighted by Gasteiger charge is 2.18. The van der Waals surface area contributed by atoms with Crippen LogP contribution in [0.25, 0.3) is 32.7 Å². The molecule has 0 spiro atoms. The Labute approximate surface area is 308 Å². The van der Waals surface area contributed by atoms with Crippen molar-refractivity contribution >= 4 is 82.4 Å². The van der Waals surface area contributed by atoms with Gasteiger partial charge in [-0.25, -0.2) is 0 Å². The van der Waals surface area contributed by atoms with Gasteiger partial charge in [-0.2, -0.15) is 0 Å². The zero-order chi connectivity index (χ0) is 35.0. The van der Waals surface area contributed by atoms with Gasteiger partial charge in [-0.3, -0.25) is 9.98 Å². The largest absolute Gasteiger partial charge is 0.260 e. The lowest BCUT2D eigenvalue weighted by Gasteiger charge is -2.18. The molecule has 0 unspecified atom stereocenters. The Kier molecular flexibility index (Phi) is 10.5. The SMILES string of the molecule is C(CP(c1ccccc1)c1ccccc1)=Nc1ccc2ccccc2c1-c1c(N=CCP(c2ccccc2)c2ccccc2)ccc2ccccc12. The van der Waals surface area contributed by atoms with Gasteiger partial charge in [0.25, 0.3) is 0 Å². The number of hydrogen-bond acceptors (Lipinski definition) is 2. The molecule has 0 aromatic heterocycles. The number of nitrogens with zero attached hydrogens (tertiary/aromatic N) is 2. The van der Waals surface area contributed by atoms with Gasteiger partial charge in [-0.05, 0) is 70.7 Å². The van der Waals surface area contributed by atoms with Crippen LogP contribution in [0.1, 0.15) is 0 Å². The summed E-state index contributed by atoms with van der Waals surface area (Å²) >= 11 is 0. The summed E-state index contributed by atoms with van der Waals surface area (Å²) in [5.41, 5.74) is 4.16. The predicted octanol–water partition coefficient (Wildman–Crippen LogP) is 11.3. The Hall–Kier alpha value is -5.52. The molecule has 0 aliphatic rings. The third-order valence-electron chi connectivity index (χ3n) is 9.32. The summed E-state index contributed by atoms with van der Waals surface area (Å²) in [5.74, 6) is 0. The Morgan fingerprint density at radius 2 is 0.635 bits per heavy atom. The zero-order valence-corrected chi connectivity index (χ0v) is 30.6. The van der Waals surface area contributed by atoms with Crippen molar-refractivity contribution in [3.8, 4) is 11.1 Å². The van der Waals surface area contributed by atoms with E-state index in [4.69, 9.17) is 9.98 Å². The lowest BCUT2D eigenvalue weighted by molar-refractivity contribution is 1.51. The third-order valence-corrected chi connectivity index (χ3v) is 14.1. The van der Waals surface area contributed by atoms with Crippen LogP contribution in [0.15, 0.2) is 204 Å². The Balaban J connectivity index is 1.23. The first-order chi connectivity index (χ1) is 25.8. The molecule has 0 fully saturated rings. The van der Waals surface area contributed by atoms with Gasteiger partial charge in [0.2, 0.25) is 0 Å². The molecule has 8 aromatic carbocycles. The molecule has 0 saturated heterocycles. The fraction of sp³-hybridized carbons (Fsp3) is 0.0417. The van der Waals surface area contributed by atoms with E-state index >= 15 is 0 Å². The molecule has 0 saturated carbocycles. The molecule has 0 bridgehead atoms. The maximum Gasteiger partial charge on any atom is 0.0711 e. The summed E-state index contributed by atoms with van der Waals surface area (Å²) in [4.78, 5) is 10.6. The second-order valence-corrected chi connectivity index (χ2v) is 17.1. The maximum atomic E-state index is 5.30. The minimum Gasteiger partial charge on any atom is -0.260 e. The molecule has 0 aliphatic carbocycles. The number of benzene rings is 8. The van der Waals surface area contributed by atoms with Gasteiger partial charge in [0.15, 0.2) is 0 Å². The highest BCUT2D eigenvalue weighted by atomic mass is 31.1. The molecule has 0 N–H and O–H groups in total. The van der Waals surface area contributed by atoms with Crippen LogP contribution in [0.4, 0.5) is 11.4 Å². The topological polar surface area (TPSA) is 24.7 Å². The summed E-state index contributed by atoms with van der Waals surface area (Å²) in [5, 5.41) is 10.1. The van der Waals surface area contributed by atoms with Gasteiger partial charge in [0.05, 0.1) is 11.4 Å². The number of fused-ring (bicyclic) bond motifs is 2. The average Bonchev–Trinajstić information content (AvgIpc) is 3.22. The number of rotatable bonds is 11. The van der Waals surface area contributed by atoms with Crippen LogP contribution in [0.3, 0.4) is 0 Å². The predicted molar refractivity (Wildman–Crippen MR) is 231 cm³/mol. The van der Waals surface area contributed by atoms with Gasteiger partial charge in [0.1, 0.15) is 0 Å². The summed E-state index contributed by atoms with van der Waals surface area (Å²) in [6.07, 6.45) is 5.97. The van der Waals surface area contributed by atoms with Crippen LogP contribution in [0.2, 0.25) is 0 Å². The van der Waals surface area contributed by atoms with Crippen molar-refractivity contribution in [3.63, 3.8) is 0 Å². The van der Waals surface area contributed by atoms with Crippen LogP contribution in [0, 0.1) is 0 Å². The van der Waals surface area contributed by atoms with Crippen molar-refractivity contribution in [1.29, 1.82) is 0 Å². The smallest absolute Gasteiger partial charge is 0.0711 e. The van der Waals surface area contributed by atoms with Gasteiger partial charge in [-0.15, -0.1) is 0 Å². The van der Waals surface area contributed by atoms with Crippen LogP contribution in [0.5, 0.6) is 0 Å². The Morgan fingerprint density at radius 1 is 0.327 bits per heavy atom. The summed E-state index contributed by atoms with van der Waals surface area (Å²) in [6, 6.07) is 69.5. The zero-order valence-electron chi connectivity index (χ0n) is 28.8. The Bertz CT molecular complexity index is 2210. The van der Waals surface area contributed by atoms with Crippen LogP contribution < -0.4 is 21.2 Å². The minimum atomic E-state index is -0.604.